The van der Waals surface area contributed by atoms with Crippen molar-refractivity contribution in [1.29, 1.82) is 0 Å². The minimum absolute atomic E-state index is 0.0959. The molecule has 0 aliphatic heterocycles. The van der Waals surface area contributed by atoms with Gasteiger partial charge in [-0.3, -0.25) is 4.79 Å². The number of hydrogen-bond acceptors (Lipinski definition) is 3. The summed E-state index contributed by atoms with van der Waals surface area (Å²) in [6.45, 7) is 10.1. The summed E-state index contributed by atoms with van der Waals surface area (Å²) in [5, 5.41) is 7.43. The zero-order valence-electron chi connectivity index (χ0n) is 14.8. The summed E-state index contributed by atoms with van der Waals surface area (Å²) in [5.74, 6) is 0.617. The zero-order valence-corrected chi connectivity index (χ0v) is 14.8. The molecule has 0 fully saturated rings. The van der Waals surface area contributed by atoms with Crippen LogP contribution in [0.3, 0.4) is 0 Å². The molecule has 24 heavy (non-hydrogen) atoms. The molecule has 3 aromatic heterocycles. The Morgan fingerprint density at radius 3 is 2.71 bits per heavy atom. The summed E-state index contributed by atoms with van der Waals surface area (Å²) >= 11 is 0. The lowest BCUT2D eigenvalue weighted by molar-refractivity contribution is -0.115. The van der Waals surface area contributed by atoms with Gasteiger partial charge >= 0.3 is 0 Å². The molecule has 1 N–H and O–H groups in total. The van der Waals surface area contributed by atoms with Crippen molar-refractivity contribution >= 4 is 17.4 Å². The number of carbonyl (C=O) groups excluding carboxylic acids is 1. The van der Waals surface area contributed by atoms with Gasteiger partial charge in [0, 0.05) is 18.5 Å². The van der Waals surface area contributed by atoms with Crippen LogP contribution in [0, 0.1) is 13.8 Å². The Balaban J connectivity index is 1.79. The van der Waals surface area contributed by atoms with E-state index in [1.165, 1.54) is 0 Å². The average molecular weight is 325 g/mol. The largest absolute Gasteiger partial charge is 0.311 e. The van der Waals surface area contributed by atoms with Gasteiger partial charge in [-0.05, 0) is 46.2 Å². The van der Waals surface area contributed by atoms with Crippen LogP contribution in [0.25, 0.3) is 5.65 Å². The molecular formula is C18H23N5O. The Hall–Kier alpha value is -2.63. The highest BCUT2D eigenvalue weighted by Gasteiger charge is 2.20. The molecule has 126 valence electrons. The molecule has 3 rings (SSSR count). The van der Waals surface area contributed by atoms with Crippen LogP contribution in [0.4, 0.5) is 5.82 Å². The predicted molar refractivity (Wildman–Crippen MR) is 94.2 cm³/mol. The summed E-state index contributed by atoms with van der Waals surface area (Å²) in [6, 6.07) is 5.87. The van der Waals surface area contributed by atoms with Crippen molar-refractivity contribution in [3.8, 4) is 0 Å². The molecule has 0 saturated heterocycles. The Kier molecular flexibility index (Phi) is 3.91. The summed E-state index contributed by atoms with van der Waals surface area (Å²) in [4.78, 5) is 17.0. The molecular weight excluding hydrogens is 302 g/mol. The molecule has 0 bridgehead atoms. The van der Waals surface area contributed by atoms with E-state index in [4.69, 9.17) is 0 Å². The number of anilines is 1. The molecule has 0 saturated carbocycles. The first kappa shape index (κ1) is 16.2. The summed E-state index contributed by atoms with van der Waals surface area (Å²) in [5.41, 5.74) is 3.40. The molecule has 0 atom stereocenters. The number of imidazole rings is 1. The van der Waals surface area contributed by atoms with Crippen LogP contribution in [-0.2, 0) is 16.8 Å². The monoisotopic (exact) mass is 325 g/mol. The molecule has 1 amide bonds. The van der Waals surface area contributed by atoms with Gasteiger partial charge in [-0.15, -0.1) is 0 Å². The number of aryl methyl sites for hydroxylation is 2. The number of hydrogen-bond donors (Lipinski definition) is 1. The first-order chi connectivity index (χ1) is 11.2. The van der Waals surface area contributed by atoms with Gasteiger partial charge in [0.1, 0.15) is 11.5 Å². The van der Waals surface area contributed by atoms with E-state index in [1.54, 1.807) is 0 Å². The maximum absolute atomic E-state index is 12.4. The second kappa shape index (κ2) is 5.78. The van der Waals surface area contributed by atoms with Gasteiger partial charge in [0.2, 0.25) is 5.91 Å². The number of rotatable bonds is 3. The molecule has 3 heterocycles. The average Bonchev–Trinajstić information content (AvgIpc) is 3.02. The predicted octanol–water partition coefficient (Wildman–Crippen LogP) is 3.08. The van der Waals surface area contributed by atoms with E-state index in [0.717, 1.165) is 22.6 Å². The van der Waals surface area contributed by atoms with Crippen molar-refractivity contribution in [2.75, 3.05) is 5.32 Å². The Morgan fingerprint density at radius 2 is 2.04 bits per heavy atom. The van der Waals surface area contributed by atoms with E-state index < -0.39 is 0 Å². The topological polar surface area (TPSA) is 64.2 Å². The van der Waals surface area contributed by atoms with E-state index >= 15 is 0 Å². The van der Waals surface area contributed by atoms with E-state index in [1.807, 2.05) is 53.5 Å². The smallest absolute Gasteiger partial charge is 0.231 e. The summed E-state index contributed by atoms with van der Waals surface area (Å²) < 4.78 is 3.79. The van der Waals surface area contributed by atoms with Gasteiger partial charge < -0.3 is 9.72 Å². The van der Waals surface area contributed by atoms with Gasteiger partial charge in [-0.1, -0.05) is 6.07 Å². The van der Waals surface area contributed by atoms with Crippen molar-refractivity contribution in [1.82, 2.24) is 19.2 Å². The fourth-order valence-electron chi connectivity index (χ4n) is 2.74. The maximum Gasteiger partial charge on any atom is 0.231 e. The van der Waals surface area contributed by atoms with E-state index in [2.05, 4.69) is 36.2 Å². The Labute approximate surface area is 141 Å². The van der Waals surface area contributed by atoms with Crippen LogP contribution in [0.2, 0.25) is 0 Å². The first-order valence-electron chi connectivity index (χ1n) is 8.04. The fourth-order valence-corrected chi connectivity index (χ4v) is 2.74. The minimum Gasteiger partial charge on any atom is -0.311 e. The number of aromatic nitrogens is 4. The molecule has 0 unspecified atom stereocenters. The Bertz CT molecular complexity index is 898. The van der Waals surface area contributed by atoms with Crippen LogP contribution in [0.15, 0.2) is 30.6 Å². The highest BCUT2D eigenvalue weighted by atomic mass is 16.1. The molecule has 0 aliphatic rings. The lowest BCUT2D eigenvalue weighted by atomic mass is 10.1. The van der Waals surface area contributed by atoms with Gasteiger partial charge in [0.05, 0.1) is 23.3 Å². The van der Waals surface area contributed by atoms with Gasteiger partial charge in [0.25, 0.3) is 0 Å². The third-order valence-corrected chi connectivity index (χ3v) is 3.80. The fraction of sp³-hybridized carbons (Fsp3) is 0.389. The quantitative estimate of drug-likeness (QED) is 0.805. The lowest BCUT2D eigenvalue weighted by Crippen LogP contribution is -2.27. The van der Waals surface area contributed by atoms with Gasteiger partial charge in [-0.25, -0.2) is 9.67 Å². The number of nitrogens with zero attached hydrogens (tertiary/aromatic N) is 4. The van der Waals surface area contributed by atoms with Gasteiger partial charge in [-0.2, -0.15) is 5.10 Å². The molecule has 0 aliphatic carbocycles. The summed E-state index contributed by atoms with van der Waals surface area (Å²) in [7, 11) is 0. The number of pyridine rings is 1. The number of fused-ring (bicyclic) bond motifs is 1. The normalized spacial score (nSPS) is 11.9. The zero-order chi connectivity index (χ0) is 17.5. The number of nitrogens with one attached hydrogen (secondary N) is 1. The van der Waals surface area contributed by atoms with Crippen molar-refractivity contribution in [3.63, 3.8) is 0 Å². The van der Waals surface area contributed by atoms with Crippen molar-refractivity contribution in [3.05, 3.63) is 47.5 Å². The SMILES string of the molecule is Cc1cc(NC(=O)Cc2cn3cccc(C)c3n2)n(C(C)(C)C)n1. The van der Waals surface area contributed by atoms with Crippen LogP contribution in [0.5, 0.6) is 0 Å². The van der Waals surface area contributed by atoms with Crippen LogP contribution >= 0.6 is 0 Å². The molecule has 0 aromatic carbocycles. The third kappa shape index (κ3) is 3.18. The second-order valence-corrected chi connectivity index (χ2v) is 7.13. The molecule has 0 spiro atoms. The standard InChI is InChI=1S/C18H23N5O/c1-12-7-6-8-22-11-14(19-17(12)22)10-16(24)20-15-9-13(2)21-23(15)18(3,4)5/h6-9,11H,10H2,1-5H3,(H,20,24). The van der Waals surface area contributed by atoms with Crippen LogP contribution in [-0.4, -0.2) is 25.1 Å². The highest BCUT2D eigenvalue weighted by Crippen LogP contribution is 2.21. The van der Waals surface area contributed by atoms with Crippen molar-refractivity contribution in [2.24, 2.45) is 0 Å². The molecule has 6 nitrogen and oxygen atoms in total. The van der Waals surface area contributed by atoms with Gasteiger partial charge in [0.15, 0.2) is 0 Å². The molecule has 0 radical (unpaired) electrons. The minimum atomic E-state index is -0.197. The van der Waals surface area contributed by atoms with Crippen LogP contribution < -0.4 is 5.32 Å². The number of carbonyl (C=O) groups is 1. The highest BCUT2D eigenvalue weighted by molar-refractivity contribution is 5.91. The second-order valence-electron chi connectivity index (χ2n) is 7.13. The van der Waals surface area contributed by atoms with Crippen molar-refractivity contribution in [2.45, 2.75) is 46.6 Å². The summed E-state index contributed by atoms with van der Waals surface area (Å²) in [6.07, 6.45) is 4.07. The number of amides is 1. The third-order valence-electron chi connectivity index (χ3n) is 3.80. The van der Waals surface area contributed by atoms with Crippen molar-refractivity contribution < 1.29 is 4.79 Å². The molecule has 6 heteroatoms. The van der Waals surface area contributed by atoms with E-state index in [0.29, 0.717) is 5.82 Å². The van der Waals surface area contributed by atoms with E-state index in [-0.39, 0.29) is 17.9 Å². The Morgan fingerprint density at radius 1 is 1.29 bits per heavy atom. The maximum atomic E-state index is 12.4. The molecule has 3 aromatic rings. The van der Waals surface area contributed by atoms with Crippen LogP contribution in [0.1, 0.15) is 37.7 Å². The van der Waals surface area contributed by atoms with E-state index in [9.17, 15) is 4.79 Å². The lowest BCUT2D eigenvalue weighted by Gasteiger charge is -2.22. The first-order valence-corrected chi connectivity index (χ1v) is 8.04.